The van der Waals surface area contributed by atoms with Crippen molar-refractivity contribution in [2.24, 2.45) is 11.1 Å². The molecule has 0 radical (unpaired) electrons. The molecule has 0 aliphatic heterocycles. The monoisotopic (exact) mass is 464 g/mol. The van der Waals surface area contributed by atoms with E-state index >= 15 is 0 Å². The summed E-state index contributed by atoms with van der Waals surface area (Å²) in [4.78, 5) is 11.8. The molecule has 0 atom stereocenters. The molecule has 4 N–H and O–H groups in total. The summed E-state index contributed by atoms with van der Waals surface area (Å²) >= 11 is 9.43. The molecular weight excluding hydrogens is 456 g/mol. The Bertz CT molecular complexity index is 520. The van der Waals surface area contributed by atoms with E-state index in [0.717, 1.165) is 25.0 Å². The lowest BCUT2D eigenvalue weighted by atomic mass is 10.5. The predicted molar refractivity (Wildman–Crippen MR) is 92.0 cm³/mol. The zero-order chi connectivity index (χ0) is 14.7. The van der Waals surface area contributed by atoms with E-state index in [0.29, 0.717) is 0 Å². The lowest BCUT2D eigenvalue weighted by molar-refractivity contribution is 0.112. The Kier molecular flexibility index (Phi) is 15.0. The fourth-order valence-electron chi connectivity index (χ4n) is 0.840. The van der Waals surface area contributed by atoms with Gasteiger partial charge in [0, 0.05) is 8.95 Å². The van der Waals surface area contributed by atoms with Gasteiger partial charge in [0.2, 0.25) is 0 Å². The first-order chi connectivity index (χ1) is 9.19. The van der Waals surface area contributed by atoms with E-state index in [4.69, 9.17) is 10.4 Å². The fraction of sp³-hybridized carbons (Fsp3) is 0. The van der Waals surface area contributed by atoms with Crippen LogP contribution in [0, 0.1) is 0 Å². The Morgan fingerprint density at radius 2 is 1.55 bits per heavy atom. The molecule has 0 saturated carbocycles. The minimum absolute atomic E-state index is 0. The number of nitrogens with two attached hydrogens (primary N) is 1. The minimum Gasteiger partial charge on any atom is -0.411 e. The molecule has 10 heteroatoms. The van der Waals surface area contributed by atoms with Gasteiger partial charge in [-0.1, -0.05) is 5.16 Å². The second-order valence-electron chi connectivity index (χ2n) is 2.63. The number of carbonyl (C=O) groups is 1. The van der Waals surface area contributed by atoms with Gasteiger partial charge >= 0.3 is 0 Å². The quantitative estimate of drug-likeness (QED) is 0.265. The van der Waals surface area contributed by atoms with Crippen LogP contribution in [-0.2, 0) is 0 Å². The molecule has 0 saturated heterocycles. The maximum Gasteiger partial charge on any atom is 0.161 e. The van der Waals surface area contributed by atoms with Crippen LogP contribution >= 0.6 is 66.9 Å². The number of hydrogen-bond donors (Lipinski definition) is 3. The highest BCUT2D eigenvalue weighted by atomic mass is 79.9. The highest BCUT2D eigenvalue weighted by Gasteiger charge is 1.95. The fourth-order valence-corrected chi connectivity index (χ4v) is 3.44. The summed E-state index contributed by atoms with van der Waals surface area (Å²) in [6.07, 6.45) is 2.24. The van der Waals surface area contributed by atoms with Gasteiger partial charge in [0.05, 0.1) is 16.0 Å². The number of nitrogens with zero attached hydrogens (tertiary/aromatic N) is 1. The summed E-state index contributed by atoms with van der Waals surface area (Å²) in [5, 5.41) is 21.3. The summed E-state index contributed by atoms with van der Waals surface area (Å²) in [5.74, 6) is 3.50. The van der Waals surface area contributed by atoms with E-state index in [2.05, 4.69) is 42.9 Å². The Morgan fingerprint density at radius 3 is 1.80 bits per heavy atom. The van der Waals surface area contributed by atoms with E-state index in [1.807, 2.05) is 22.9 Å². The number of thiophene rings is 2. The Labute approximate surface area is 146 Å². The molecule has 2 heterocycles. The van der Waals surface area contributed by atoms with Crippen molar-refractivity contribution in [2.75, 3.05) is 0 Å². The molecule has 0 fully saturated rings. The molecule has 0 spiro atoms. The summed E-state index contributed by atoms with van der Waals surface area (Å²) < 4.78 is 1.85. The van der Waals surface area contributed by atoms with E-state index in [9.17, 15) is 4.79 Å². The summed E-state index contributed by atoms with van der Waals surface area (Å²) in [5.41, 5.74) is 0. The Balaban J connectivity index is 0. The molecule has 0 aliphatic carbocycles. The zero-order valence-electron chi connectivity index (χ0n) is 9.77. The smallest absolute Gasteiger partial charge is 0.161 e. The maximum atomic E-state index is 10.1. The van der Waals surface area contributed by atoms with E-state index in [-0.39, 0.29) is 12.4 Å². The van der Waals surface area contributed by atoms with Crippen LogP contribution in [0.15, 0.2) is 37.0 Å². The van der Waals surface area contributed by atoms with E-state index < -0.39 is 0 Å². The van der Waals surface area contributed by atoms with Gasteiger partial charge in [0.25, 0.3) is 0 Å². The maximum absolute atomic E-state index is 10.1. The third-order valence-electron chi connectivity index (χ3n) is 1.57. The Morgan fingerprint density at radius 1 is 1.10 bits per heavy atom. The number of halogens is 3. The molecule has 0 aliphatic rings. The van der Waals surface area contributed by atoms with Gasteiger partial charge in [0.15, 0.2) is 6.29 Å². The highest BCUT2D eigenvalue weighted by molar-refractivity contribution is 9.11. The van der Waals surface area contributed by atoms with Crippen LogP contribution in [0.25, 0.3) is 0 Å². The second kappa shape index (κ2) is 13.7. The van der Waals surface area contributed by atoms with Crippen molar-refractivity contribution in [3.8, 4) is 0 Å². The van der Waals surface area contributed by atoms with Crippen LogP contribution in [0.1, 0.15) is 14.5 Å². The van der Waals surface area contributed by atoms with E-state index in [1.54, 1.807) is 0 Å². The molecular formula is C10H11Br2ClN2O3S2. The SMILES string of the molecule is Cl.NO.O/N=C/c1sccc1Br.O=Cc1sccc1Br. The number of carbonyl (C=O) groups excluding carboxylic acids is 1. The van der Waals surface area contributed by atoms with Crippen molar-refractivity contribution in [3.63, 3.8) is 0 Å². The predicted octanol–water partition coefficient (Wildman–Crippen LogP) is 4.40. The van der Waals surface area contributed by atoms with Gasteiger partial charge in [-0.3, -0.25) is 4.79 Å². The topological polar surface area (TPSA) is 95.9 Å². The number of aldehydes is 1. The van der Waals surface area contributed by atoms with E-state index in [1.165, 1.54) is 28.9 Å². The molecule has 5 nitrogen and oxygen atoms in total. The zero-order valence-corrected chi connectivity index (χ0v) is 15.4. The van der Waals surface area contributed by atoms with Crippen molar-refractivity contribution in [2.45, 2.75) is 0 Å². The van der Waals surface area contributed by atoms with Crippen molar-refractivity contribution >= 4 is 79.4 Å². The first-order valence-corrected chi connectivity index (χ1v) is 7.88. The Hall–Kier alpha value is -0.290. The third-order valence-corrected chi connectivity index (χ3v) is 5.17. The number of rotatable bonds is 2. The van der Waals surface area contributed by atoms with Crippen molar-refractivity contribution < 1.29 is 15.2 Å². The lowest BCUT2D eigenvalue weighted by Gasteiger charge is -1.80. The van der Waals surface area contributed by atoms with Crippen molar-refractivity contribution in [1.29, 1.82) is 0 Å². The van der Waals surface area contributed by atoms with Crippen LogP contribution < -0.4 is 5.90 Å². The normalized spacial score (nSPS) is 8.80. The molecule has 0 bridgehead atoms. The van der Waals surface area contributed by atoms with Crippen LogP contribution in [-0.4, -0.2) is 22.9 Å². The first kappa shape index (κ1) is 22.0. The van der Waals surface area contributed by atoms with Gasteiger partial charge < -0.3 is 10.4 Å². The first-order valence-electron chi connectivity index (χ1n) is 4.53. The molecule has 2 aromatic heterocycles. The van der Waals surface area contributed by atoms with Crippen molar-refractivity contribution in [3.05, 3.63) is 41.6 Å². The average molecular weight is 467 g/mol. The molecule has 20 heavy (non-hydrogen) atoms. The number of hydrogen-bond acceptors (Lipinski definition) is 7. The van der Waals surface area contributed by atoms with Crippen LogP contribution in [0.5, 0.6) is 0 Å². The molecule has 0 amide bonds. The van der Waals surface area contributed by atoms with Gasteiger partial charge in [-0.2, -0.15) is 0 Å². The molecule has 2 aromatic rings. The standard InChI is InChI=1S/C5H4BrNOS.C5H3BrOS.ClH.H3NO/c6-4-1-2-9-5(4)3-7-8;6-4-1-2-8-5(4)3-7;;1-2/h1-3,8H;1-3H;1H;2H,1H2/b7-3+;;;. The molecule has 0 aromatic carbocycles. The lowest BCUT2D eigenvalue weighted by Crippen LogP contribution is -1.72. The van der Waals surface area contributed by atoms with Crippen LogP contribution in [0.2, 0.25) is 0 Å². The second-order valence-corrected chi connectivity index (χ2v) is 6.23. The molecule has 0 unspecified atom stereocenters. The summed E-state index contributed by atoms with van der Waals surface area (Å²) in [6.45, 7) is 0. The highest BCUT2D eigenvalue weighted by Crippen LogP contribution is 2.20. The largest absolute Gasteiger partial charge is 0.411 e. The minimum atomic E-state index is 0. The third kappa shape index (κ3) is 8.10. The number of oxime groups is 1. The van der Waals surface area contributed by atoms with Gasteiger partial charge in [-0.05, 0) is 54.8 Å². The average Bonchev–Trinajstić information content (AvgIpc) is 3.02. The van der Waals surface area contributed by atoms with Crippen LogP contribution in [0.4, 0.5) is 0 Å². The van der Waals surface area contributed by atoms with Gasteiger partial charge in [-0.15, -0.1) is 35.1 Å². The van der Waals surface area contributed by atoms with Crippen LogP contribution in [0.3, 0.4) is 0 Å². The summed E-state index contributed by atoms with van der Waals surface area (Å²) in [6, 6.07) is 3.76. The van der Waals surface area contributed by atoms with Crippen molar-refractivity contribution in [1.82, 2.24) is 0 Å². The summed E-state index contributed by atoms with van der Waals surface area (Å²) in [7, 11) is 0. The molecule has 2 rings (SSSR count). The molecule has 112 valence electrons. The van der Waals surface area contributed by atoms with Gasteiger partial charge in [0.1, 0.15) is 0 Å². The van der Waals surface area contributed by atoms with Gasteiger partial charge in [-0.25, -0.2) is 5.90 Å².